The fraction of sp³-hybridized carbons (Fsp3) is 0.130. The summed E-state index contributed by atoms with van der Waals surface area (Å²) in [6.45, 7) is 3.75. The van der Waals surface area contributed by atoms with Crippen molar-refractivity contribution in [2.75, 3.05) is 0 Å². The number of H-pyrrole nitrogens is 1. The minimum Gasteiger partial charge on any atom is -0.289 e. The van der Waals surface area contributed by atoms with Gasteiger partial charge in [0.05, 0.1) is 29.0 Å². The average molecular weight is 397 g/mol. The molecule has 148 valence electrons. The van der Waals surface area contributed by atoms with E-state index in [1.54, 1.807) is 12.3 Å². The van der Waals surface area contributed by atoms with Gasteiger partial charge in [-0.3, -0.25) is 14.7 Å². The van der Waals surface area contributed by atoms with Crippen molar-refractivity contribution in [2.24, 2.45) is 0 Å². The van der Waals surface area contributed by atoms with Gasteiger partial charge in [0.15, 0.2) is 5.65 Å². The lowest BCUT2D eigenvalue weighted by Gasteiger charge is -2.14. The van der Waals surface area contributed by atoms with Gasteiger partial charge in [-0.25, -0.2) is 14.2 Å². The third-order valence-corrected chi connectivity index (χ3v) is 5.45. The van der Waals surface area contributed by atoms with Crippen molar-refractivity contribution in [3.8, 4) is 11.3 Å². The first-order valence-corrected chi connectivity index (χ1v) is 9.69. The van der Waals surface area contributed by atoms with E-state index in [0.29, 0.717) is 16.7 Å². The molecule has 0 amide bonds. The van der Waals surface area contributed by atoms with E-state index in [0.717, 1.165) is 22.2 Å². The molecule has 7 nitrogen and oxygen atoms in total. The summed E-state index contributed by atoms with van der Waals surface area (Å²) >= 11 is 0. The number of nitrogens with zero attached hydrogens (tertiary/aromatic N) is 4. The van der Waals surface area contributed by atoms with E-state index < -0.39 is 6.04 Å². The number of aromatic nitrogens is 5. The molecular formula is C23H19N5O2. The maximum Gasteiger partial charge on any atom is 0.275 e. The predicted octanol–water partition coefficient (Wildman–Crippen LogP) is 3.32. The summed E-state index contributed by atoms with van der Waals surface area (Å²) in [5.41, 5.74) is 3.27. The van der Waals surface area contributed by atoms with Crippen LogP contribution in [0, 0.1) is 6.92 Å². The molecule has 0 aliphatic heterocycles. The highest BCUT2D eigenvalue weighted by molar-refractivity contribution is 5.80. The molecule has 7 heteroatoms. The highest BCUT2D eigenvalue weighted by Crippen LogP contribution is 2.24. The lowest BCUT2D eigenvalue weighted by atomic mass is 10.1. The topological polar surface area (TPSA) is 85.0 Å². The lowest BCUT2D eigenvalue weighted by molar-refractivity contribution is 0.524. The number of benzene rings is 2. The van der Waals surface area contributed by atoms with Crippen LogP contribution in [0.1, 0.15) is 24.2 Å². The Morgan fingerprint density at radius 1 is 1.00 bits per heavy atom. The molecule has 0 saturated heterocycles. The second-order valence-corrected chi connectivity index (χ2v) is 7.31. The van der Waals surface area contributed by atoms with Crippen LogP contribution >= 0.6 is 0 Å². The third-order valence-electron chi connectivity index (χ3n) is 5.45. The first-order valence-electron chi connectivity index (χ1n) is 9.69. The summed E-state index contributed by atoms with van der Waals surface area (Å²) in [6.07, 6.45) is 1.66. The van der Waals surface area contributed by atoms with E-state index in [4.69, 9.17) is 4.98 Å². The Bertz CT molecular complexity index is 1510. The zero-order chi connectivity index (χ0) is 20.8. The standard InChI is InChI=1S/C23H19N5O2/c1-14-21(16-8-4-3-5-9-16)26-28-20(29)12-19(25-22(14)28)15(2)27-23(30)18-11-7-6-10-17(18)13-24-27/h3-13,15,26H,1-2H3. The second kappa shape index (κ2) is 6.81. The molecule has 0 fully saturated rings. The number of hydrogen-bond donors (Lipinski definition) is 1. The van der Waals surface area contributed by atoms with Crippen LogP contribution in [0.25, 0.3) is 27.7 Å². The van der Waals surface area contributed by atoms with Gasteiger partial charge in [0.1, 0.15) is 0 Å². The summed E-state index contributed by atoms with van der Waals surface area (Å²) < 4.78 is 2.81. The Kier molecular flexibility index (Phi) is 4.10. The maximum absolute atomic E-state index is 12.9. The number of hydrogen-bond acceptors (Lipinski definition) is 4. The highest BCUT2D eigenvalue weighted by atomic mass is 16.1. The Labute approximate surface area is 171 Å². The van der Waals surface area contributed by atoms with Crippen LogP contribution in [0.3, 0.4) is 0 Å². The van der Waals surface area contributed by atoms with Gasteiger partial charge in [-0.05, 0) is 25.5 Å². The van der Waals surface area contributed by atoms with Crippen molar-refractivity contribution in [2.45, 2.75) is 19.9 Å². The normalized spacial score (nSPS) is 12.5. The maximum atomic E-state index is 12.9. The summed E-state index contributed by atoms with van der Waals surface area (Å²) in [5, 5.41) is 8.83. The van der Waals surface area contributed by atoms with Crippen LogP contribution in [0.15, 0.2) is 76.4 Å². The fourth-order valence-corrected chi connectivity index (χ4v) is 3.77. The second-order valence-electron chi connectivity index (χ2n) is 7.31. The number of nitrogens with one attached hydrogen (secondary N) is 1. The van der Waals surface area contributed by atoms with E-state index in [2.05, 4.69) is 10.2 Å². The van der Waals surface area contributed by atoms with Crippen molar-refractivity contribution >= 4 is 16.4 Å². The van der Waals surface area contributed by atoms with Gasteiger partial charge in [-0.2, -0.15) is 5.10 Å². The molecule has 3 heterocycles. The molecule has 1 unspecified atom stereocenters. The minimum atomic E-state index is -0.491. The van der Waals surface area contributed by atoms with Crippen molar-refractivity contribution in [1.82, 2.24) is 24.4 Å². The van der Waals surface area contributed by atoms with Crippen LogP contribution in [0.2, 0.25) is 0 Å². The monoisotopic (exact) mass is 397 g/mol. The molecule has 0 bridgehead atoms. The smallest absolute Gasteiger partial charge is 0.275 e. The Morgan fingerprint density at radius 3 is 2.53 bits per heavy atom. The summed E-state index contributed by atoms with van der Waals surface area (Å²) in [7, 11) is 0. The van der Waals surface area contributed by atoms with E-state index in [1.807, 2.05) is 62.4 Å². The molecule has 0 aliphatic rings. The number of rotatable bonds is 3. The molecule has 2 aromatic carbocycles. The van der Waals surface area contributed by atoms with Crippen LogP contribution in [0.5, 0.6) is 0 Å². The van der Waals surface area contributed by atoms with Gasteiger partial charge in [-0.15, -0.1) is 0 Å². The van der Waals surface area contributed by atoms with Gasteiger partial charge in [0, 0.05) is 17.0 Å². The zero-order valence-electron chi connectivity index (χ0n) is 16.5. The van der Waals surface area contributed by atoms with Crippen LogP contribution in [0.4, 0.5) is 0 Å². The molecule has 0 saturated carbocycles. The molecule has 5 aromatic rings. The van der Waals surface area contributed by atoms with Gasteiger partial charge in [0.25, 0.3) is 11.1 Å². The predicted molar refractivity (Wildman–Crippen MR) is 116 cm³/mol. The van der Waals surface area contributed by atoms with Crippen LogP contribution in [-0.2, 0) is 0 Å². The molecule has 0 radical (unpaired) electrons. The van der Waals surface area contributed by atoms with E-state index in [-0.39, 0.29) is 11.1 Å². The summed E-state index contributed by atoms with van der Waals surface area (Å²) in [6, 6.07) is 18.1. The van der Waals surface area contributed by atoms with E-state index in [1.165, 1.54) is 15.3 Å². The molecule has 5 rings (SSSR count). The molecule has 0 aliphatic carbocycles. The third kappa shape index (κ3) is 2.75. The molecule has 1 N–H and O–H groups in total. The van der Waals surface area contributed by atoms with E-state index >= 15 is 0 Å². The summed E-state index contributed by atoms with van der Waals surface area (Å²) in [5.74, 6) is 0. The quantitative estimate of drug-likeness (QED) is 0.506. The minimum absolute atomic E-state index is 0.210. The molecule has 30 heavy (non-hydrogen) atoms. The molecular weight excluding hydrogens is 378 g/mol. The molecule has 3 aromatic heterocycles. The Morgan fingerprint density at radius 2 is 1.73 bits per heavy atom. The first kappa shape index (κ1) is 18.1. The number of aryl methyl sites for hydroxylation is 1. The van der Waals surface area contributed by atoms with Crippen LogP contribution < -0.4 is 11.1 Å². The number of fused-ring (bicyclic) bond motifs is 2. The Balaban J connectivity index is 1.67. The number of aromatic amines is 1. The summed E-state index contributed by atoms with van der Waals surface area (Å²) in [4.78, 5) is 30.5. The lowest BCUT2D eigenvalue weighted by Crippen LogP contribution is -2.28. The average Bonchev–Trinajstić information content (AvgIpc) is 3.11. The van der Waals surface area contributed by atoms with Crippen molar-refractivity contribution in [1.29, 1.82) is 0 Å². The van der Waals surface area contributed by atoms with Gasteiger partial charge in [0.2, 0.25) is 0 Å². The van der Waals surface area contributed by atoms with E-state index in [9.17, 15) is 9.59 Å². The first-order chi connectivity index (χ1) is 14.5. The molecule has 1 atom stereocenters. The molecule has 0 spiro atoms. The van der Waals surface area contributed by atoms with Crippen molar-refractivity contribution < 1.29 is 0 Å². The van der Waals surface area contributed by atoms with Gasteiger partial charge < -0.3 is 0 Å². The SMILES string of the molecule is Cc1c(-c2ccccc2)[nH]n2c(=O)cc(C(C)n3ncc4ccccc4c3=O)nc12. The highest BCUT2D eigenvalue weighted by Gasteiger charge is 2.19. The fourth-order valence-electron chi connectivity index (χ4n) is 3.77. The zero-order valence-corrected chi connectivity index (χ0v) is 16.5. The van der Waals surface area contributed by atoms with Gasteiger partial charge in [-0.1, -0.05) is 48.5 Å². The van der Waals surface area contributed by atoms with Gasteiger partial charge >= 0.3 is 0 Å². The van der Waals surface area contributed by atoms with Crippen LogP contribution in [-0.4, -0.2) is 24.4 Å². The van der Waals surface area contributed by atoms with Crippen molar-refractivity contribution in [3.63, 3.8) is 0 Å². The Hall–Kier alpha value is -4.00. The largest absolute Gasteiger partial charge is 0.289 e. The van der Waals surface area contributed by atoms with Crippen molar-refractivity contribution in [3.05, 3.63) is 98.8 Å².